The predicted octanol–water partition coefficient (Wildman–Crippen LogP) is 2.08. The lowest BCUT2D eigenvalue weighted by atomic mass is 9.93. The molecule has 0 amide bonds. The van der Waals surface area contributed by atoms with E-state index >= 15 is 0 Å². The van der Waals surface area contributed by atoms with Gasteiger partial charge in [-0.25, -0.2) is 0 Å². The van der Waals surface area contributed by atoms with Gasteiger partial charge in [-0.3, -0.25) is 0 Å². The van der Waals surface area contributed by atoms with Gasteiger partial charge in [-0.15, -0.1) is 0 Å². The zero-order valence-electron chi connectivity index (χ0n) is 6.82. The molecule has 0 aromatic rings. The summed E-state index contributed by atoms with van der Waals surface area (Å²) in [4.78, 5) is 0.893. The van der Waals surface area contributed by atoms with Crippen LogP contribution in [0.5, 0.6) is 0 Å². The maximum atomic E-state index is 5.57. The van der Waals surface area contributed by atoms with Gasteiger partial charge in [-0.2, -0.15) is 0 Å². The van der Waals surface area contributed by atoms with E-state index in [9.17, 15) is 0 Å². The predicted molar refractivity (Wildman–Crippen MR) is 52.0 cm³/mol. The lowest BCUT2D eigenvalue weighted by Crippen LogP contribution is -2.25. The first-order chi connectivity index (χ1) is 5.88. The van der Waals surface area contributed by atoms with Gasteiger partial charge in [-0.1, -0.05) is 30.4 Å². The Hall–Kier alpha value is -0.470. The molecule has 2 aliphatic rings. The molecule has 2 unspecified atom stereocenters. The van der Waals surface area contributed by atoms with Crippen LogP contribution in [0.2, 0.25) is 0 Å². The molecule has 1 radical (unpaired) electrons. The summed E-state index contributed by atoms with van der Waals surface area (Å²) in [6.45, 7) is 0.890. The van der Waals surface area contributed by atoms with E-state index in [1.165, 1.54) is 6.42 Å². The Morgan fingerprint density at radius 2 is 2.50 bits per heavy atom. The molecular formula is C10H11OS. The van der Waals surface area contributed by atoms with Crippen molar-refractivity contribution < 1.29 is 4.74 Å². The molecule has 0 bridgehead atoms. The van der Waals surface area contributed by atoms with Crippen LogP contribution in [0, 0.1) is 12.0 Å². The number of hydrogen-bond acceptors (Lipinski definition) is 2. The largest absolute Gasteiger partial charge is 0.377 e. The van der Waals surface area contributed by atoms with Gasteiger partial charge in [-0.05, 0) is 18.9 Å². The normalized spacial score (nSPS) is 34.5. The standard InChI is InChI=1S/C10H11OS/c12-10-6-2-1-4-8(10)9-5-3-7-11-9/h1-2,4,8-9H,3,5,7H2. The summed E-state index contributed by atoms with van der Waals surface area (Å²) in [5.41, 5.74) is 0. The summed E-state index contributed by atoms with van der Waals surface area (Å²) in [7, 11) is 0. The zero-order chi connectivity index (χ0) is 8.39. The average molecular weight is 179 g/mol. The quantitative estimate of drug-likeness (QED) is 0.570. The number of thiocarbonyl (C=S) groups is 1. The maximum Gasteiger partial charge on any atom is 0.0687 e. The SMILES string of the molecule is S=C1[C]=CC=CC1C1CCCO1. The molecular weight excluding hydrogens is 168 g/mol. The maximum absolute atomic E-state index is 5.57. The van der Waals surface area contributed by atoms with Gasteiger partial charge in [0, 0.05) is 17.4 Å². The molecule has 1 nitrogen and oxygen atoms in total. The summed E-state index contributed by atoms with van der Waals surface area (Å²) < 4.78 is 5.57. The number of hydrogen-bond donors (Lipinski definition) is 0. The molecule has 1 aliphatic carbocycles. The smallest absolute Gasteiger partial charge is 0.0687 e. The van der Waals surface area contributed by atoms with Gasteiger partial charge in [0.05, 0.1) is 6.10 Å². The Kier molecular flexibility index (Phi) is 2.38. The second kappa shape index (κ2) is 3.50. The van der Waals surface area contributed by atoms with Crippen LogP contribution in [0.15, 0.2) is 18.2 Å². The molecule has 2 heteroatoms. The fourth-order valence-electron chi connectivity index (χ4n) is 1.67. The Morgan fingerprint density at radius 1 is 1.58 bits per heavy atom. The van der Waals surface area contributed by atoms with E-state index in [0.29, 0.717) is 12.0 Å². The van der Waals surface area contributed by atoms with Crippen LogP contribution >= 0.6 is 12.2 Å². The molecule has 0 aromatic heterocycles. The van der Waals surface area contributed by atoms with Crippen LogP contribution in [-0.4, -0.2) is 17.6 Å². The third-order valence-corrected chi connectivity index (χ3v) is 2.70. The van der Waals surface area contributed by atoms with Crippen molar-refractivity contribution in [3.63, 3.8) is 0 Å². The van der Waals surface area contributed by atoms with E-state index in [0.717, 1.165) is 17.9 Å². The Balaban J connectivity index is 2.07. The van der Waals surface area contributed by atoms with Gasteiger partial charge in [0.25, 0.3) is 0 Å². The average Bonchev–Trinajstić information content (AvgIpc) is 2.57. The monoisotopic (exact) mass is 179 g/mol. The number of allylic oxidation sites excluding steroid dienone is 3. The molecule has 1 heterocycles. The summed E-state index contributed by atoms with van der Waals surface area (Å²) in [6, 6.07) is 0. The van der Waals surface area contributed by atoms with Crippen LogP contribution in [0.4, 0.5) is 0 Å². The van der Waals surface area contributed by atoms with Crippen molar-refractivity contribution in [1.82, 2.24) is 0 Å². The van der Waals surface area contributed by atoms with Crippen molar-refractivity contribution in [2.45, 2.75) is 18.9 Å². The molecule has 2 atom stereocenters. The molecule has 12 heavy (non-hydrogen) atoms. The van der Waals surface area contributed by atoms with Crippen molar-refractivity contribution in [3.8, 4) is 0 Å². The van der Waals surface area contributed by atoms with Gasteiger partial charge in [0.15, 0.2) is 0 Å². The van der Waals surface area contributed by atoms with Gasteiger partial charge in [0.1, 0.15) is 0 Å². The highest BCUT2D eigenvalue weighted by Crippen LogP contribution is 2.24. The van der Waals surface area contributed by atoms with E-state index in [4.69, 9.17) is 17.0 Å². The third kappa shape index (κ3) is 1.50. The summed E-state index contributed by atoms with van der Waals surface area (Å²) in [6.07, 6.45) is 11.7. The summed E-state index contributed by atoms with van der Waals surface area (Å²) in [5, 5.41) is 0. The number of rotatable bonds is 1. The fourth-order valence-corrected chi connectivity index (χ4v) is 1.97. The first-order valence-corrected chi connectivity index (χ1v) is 4.71. The highest BCUT2D eigenvalue weighted by Gasteiger charge is 2.26. The van der Waals surface area contributed by atoms with Crippen LogP contribution in [0.25, 0.3) is 0 Å². The van der Waals surface area contributed by atoms with E-state index in [-0.39, 0.29) is 0 Å². The Morgan fingerprint density at radius 3 is 3.17 bits per heavy atom. The molecule has 0 aromatic carbocycles. The molecule has 63 valence electrons. The van der Waals surface area contributed by atoms with Crippen molar-refractivity contribution >= 4 is 17.1 Å². The van der Waals surface area contributed by atoms with Gasteiger partial charge < -0.3 is 4.74 Å². The molecule has 1 fully saturated rings. The molecule has 0 saturated carbocycles. The molecule has 1 saturated heterocycles. The first-order valence-electron chi connectivity index (χ1n) is 4.30. The zero-order valence-corrected chi connectivity index (χ0v) is 7.64. The van der Waals surface area contributed by atoms with Gasteiger partial charge >= 0.3 is 0 Å². The minimum Gasteiger partial charge on any atom is -0.377 e. The van der Waals surface area contributed by atoms with Crippen molar-refractivity contribution in [3.05, 3.63) is 24.3 Å². The Labute approximate surface area is 78.1 Å². The van der Waals surface area contributed by atoms with E-state index < -0.39 is 0 Å². The van der Waals surface area contributed by atoms with E-state index in [2.05, 4.69) is 12.2 Å². The summed E-state index contributed by atoms with van der Waals surface area (Å²) >= 11 is 5.19. The molecule has 2 rings (SSSR count). The van der Waals surface area contributed by atoms with E-state index in [1.54, 1.807) is 0 Å². The first kappa shape index (κ1) is 8.14. The highest BCUT2D eigenvalue weighted by molar-refractivity contribution is 7.80. The second-order valence-electron chi connectivity index (χ2n) is 3.14. The summed E-state index contributed by atoms with van der Waals surface area (Å²) in [5.74, 6) is 0.299. The van der Waals surface area contributed by atoms with Crippen LogP contribution < -0.4 is 0 Å². The number of ether oxygens (including phenoxy) is 1. The minimum absolute atomic E-state index is 0.299. The van der Waals surface area contributed by atoms with Crippen molar-refractivity contribution in [1.29, 1.82) is 0 Å². The molecule has 1 aliphatic heterocycles. The molecule has 0 N–H and O–H groups in total. The van der Waals surface area contributed by atoms with Crippen LogP contribution in [0.1, 0.15) is 12.8 Å². The van der Waals surface area contributed by atoms with Crippen LogP contribution in [-0.2, 0) is 4.74 Å². The topological polar surface area (TPSA) is 9.23 Å². The second-order valence-corrected chi connectivity index (χ2v) is 3.58. The van der Waals surface area contributed by atoms with Crippen molar-refractivity contribution in [2.75, 3.05) is 6.61 Å². The fraction of sp³-hybridized carbons (Fsp3) is 0.500. The minimum atomic E-state index is 0.299. The third-order valence-electron chi connectivity index (χ3n) is 2.31. The molecule has 0 spiro atoms. The van der Waals surface area contributed by atoms with Gasteiger partial charge in [0.2, 0.25) is 0 Å². The van der Waals surface area contributed by atoms with Crippen LogP contribution in [0.3, 0.4) is 0 Å². The lowest BCUT2D eigenvalue weighted by molar-refractivity contribution is 0.0978. The van der Waals surface area contributed by atoms with Crippen molar-refractivity contribution in [2.24, 2.45) is 5.92 Å². The highest BCUT2D eigenvalue weighted by atomic mass is 32.1. The van der Waals surface area contributed by atoms with E-state index in [1.807, 2.05) is 12.2 Å². The lowest BCUT2D eigenvalue weighted by Gasteiger charge is -2.20. The Bertz CT molecular complexity index is 236.